The molecule has 0 radical (unpaired) electrons. The van der Waals surface area contributed by atoms with Crippen LogP contribution in [0.2, 0.25) is 0 Å². The average Bonchev–Trinajstić information content (AvgIpc) is 3.11. The molecule has 0 spiro atoms. The van der Waals surface area contributed by atoms with Gasteiger partial charge < -0.3 is 4.74 Å². The highest BCUT2D eigenvalue weighted by Gasteiger charge is 2.44. The fourth-order valence-electron chi connectivity index (χ4n) is 4.81. The van der Waals surface area contributed by atoms with E-state index in [1.165, 1.54) is 29.4 Å². The summed E-state index contributed by atoms with van der Waals surface area (Å²) in [5.74, 6) is 0.519. The van der Waals surface area contributed by atoms with Crippen molar-refractivity contribution in [1.82, 2.24) is 20.2 Å². The molecule has 1 unspecified atom stereocenters. The molecule has 1 atom stereocenters. The Morgan fingerprint density at radius 3 is 2.45 bits per heavy atom. The van der Waals surface area contributed by atoms with Crippen LogP contribution in [-0.4, -0.2) is 33.3 Å². The summed E-state index contributed by atoms with van der Waals surface area (Å²) in [6.07, 6.45) is 3.61. The molecule has 1 aliphatic rings. The fourth-order valence-corrected chi connectivity index (χ4v) is 4.81. The van der Waals surface area contributed by atoms with Crippen LogP contribution in [0.25, 0.3) is 0 Å². The number of rotatable bonds is 4. The Morgan fingerprint density at radius 1 is 1.14 bits per heavy atom. The van der Waals surface area contributed by atoms with Gasteiger partial charge in [-0.25, -0.2) is 9.48 Å². The zero-order chi connectivity index (χ0) is 20.6. The minimum absolute atomic E-state index is 0.313. The number of aryl methyl sites for hydroxylation is 4. The van der Waals surface area contributed by atoms with Crippen LogP contribution in [0, 0.1) is 6.92 Å². The van der Waals surface area contributed by atoms with Crippen molar-refractivity contribution in [2.24, 2.45) is 7.05 Å². The van der Waals surface area contributed by atoms with E-state index in [9.17, 15) is 4.79 Å². The lowest BCUT2D eigenvalue weighted by atomic mass is 9.68. The summed E-state index contributed by atoms with van der Waals surface area (Å²) < 4.78 is 6.73. The van der Waals surface area contributed by atoms with Crippen molar-refractivity contribution in [3.05, 3.63) is 75.6 Å². The highest BCUT2D eigenvalue weighted by atomic mass is 16.5. The second-order valence-electron chi connectivity index (χ2n) is 7.81. The first-order chi connectivity index (χ1) is 14.0. The van der Waals surface area contributed by atoms with E-state index < -0.39 is 5.41 Å². The minimum Gasteiger partial charge on any atom is -0.465 e. The number of nitrogens with zero attached hydrogens (tertiary/aromatic N) is 4. The smallest absolute Gasteiger partial charge is 0.337 e. The van der Waals surface area contributed by atoms with E-state index in [2.05, 4.69) is 53.6 Å². The molecule has 1 aliphatic carbocycles. The van der Waals surface area contributed by atoms with Crippen LogP contribution in [0.5, 0.6) is 0 Å². The standard InChI is InChI=1S/C23H26N4O2/c1-5-12-23(22-24-25-26-27(22)3)19-10-6-15(2)13-16(19)7-8-17-14-18(21(28)29-4)9-11-20(17)23/h6,9-11,13-14H,5,7-8,12H2,1-4H3. The molecule has 2 aromatic carbocycles. The van der Waals surface area contributed by atoms with E-state index in [0.29, 0.717) is 5.56 Å². The molecule has 1 heterocycles. The lowest BCUT2D eigenvalue weighted by molar-refractivity contribution is 0.0600. The largest absolute Gasteiger partial charge is 0.465 e. The Kier molecular flexibility index (Phi) is 4.94. The van der Waals surface area contributed by atoms with Gasteiger partial charge in [0, 0.05) is 7.05 Å². The van der Waals surface area contributed by atoms with Gasteiger partial charge in [0.15, 0.2) is 5.82 Å². The van der Waals surface area contributed by atoms with Crippen LogP contribution < -0.4 is 0 Å². The number of fused-ring (bicyclic) bond motifs is 2. The van der Waals surface area contributed by atoms with Crippen LogP contribution in [0.4, 0.5) is 0 Å². The van der Waals surface area contributed by atoms with Crippen LogP contribution in [-0.2, 0) is 30.0 Å². The number of aromatic nitrogens is 4. The van der Waals surface area contributed by atoms with Gasteiger partial charge in [-0.2, -0.15) is 0 Å². The normalized spacial score (nSPS) is 17.9. The monoisotopic (exact) mass is 390 g/mol. The molecule has 0 amide bonds. The number of benzene rings is 2. The Balaban J connectivity index is 2.06. The Morgan fingerprint density at radius 2 is 1.83 bits per heavy atom. The predicted molar refractivity (Wildman–Crippen MR) is 110 cm³/mol. The maximum atomic E-state index is 12.2. The molecule has 6 nitrogen and oxygen atoms in total. The summed E-state index contributed by atoms with van der Waals surface area (Å²) >= 11 is 0. The minimum atomic E-state index is -0.462. The molecule has 0 aliphatic heterocycles. The lowest BCUT2D eigenvalue weighted by Gasteiger charge is -2.35. The van der Waals surface area contributed by atoms with Crippen molar-refractivity contribution >= 4 is 5.97 Å². The number of hydrogen-bond acceptors (Lipinski definition) is 5. The number of ether oxygens (including phenoxy) is 1. The van der Waals surface area contributed by atoms with Crippen molar-refractivity contribution in [3.63, 3.8) is 0 Å². The van der Waals surface area contributed by atoms with Gasteiger partial charge in [0.25, 0.3) is 0 Å². The number of carbonyl (C=O) groups is 1. The molecule has 0 saturated carbocycles. The van der Waals surface area contributed by atoms with Gasteiger partial charge in [-0.05, 0) is 71.0 Å². The van der Waals surface area contributed by atoms with Gasteiger partial charge in [-0.1, -0.05) is 43.2 Å². The molecule has 6 heteroatoms. The van der Waals surface area contributed by atoms with E-state index >= 15 is 0 Å². The molecule has 0 saturated heterocycles. The first kappa shape index (κ1) is 19.3. The molecule has 4 rings (SSSR count). The zero-order valence-electron chi connectivity index (χ0n) is 17.4. The quantitative estimate of drug-likeness (QED) is 0.637. The molecule has 3 aromatic rings. The van der Waals surface area contributed by atoms with Crippen LogP contribution in [0.3, 0.4) is 0 Å². The zero-order valence-corrected chi connectivity index (χ0v) is 17.4. The van der Waals surface area contributed by atoms with E-state index in [1.807, 2.05) is 19.2 Å². The number of carbonyl (C=O) groups excluding carboxylic acids is 1. The average molecular weight is 390 g/mol. The van der Waals surface area contributed by atoms with Gasteiger partial charge in [0.05, 0.1) is 18.1 Å². The Hall–Kier alpha value is -3.02. The molecule has 0 fully saturated rings. The van der Waals surface area contributed by atoms with Gasteiger partial charge in [-0.3, -0.25) is 0 Å². The van der Waals surface area contributed by atoms with Crippen LogP contribution in [0.15, 0.2) is 36.4 Å². The third kappa shape index (κ3) is 3.03. The van der Waals surface area contributed by atoms with E-state index in [-0.39, 0.29) is 5.97 Å². The maximum absolute atomic E-state index is 12.2. The molecular formula is C23H26N4O2. The number of hydrogen-bond donors (Lipinski definition) is 0. The third-order valence-electron chi connectivity index (χ3n) is 6.00. The number of esters is 1. The van der Waals surface area contributed by atoms with Crippen LogP contribution >= 0.6 is 0 Å². The van der Waals surface area contributed by atoms with E-state index in [0.717, 1.165) is 37.1 Å². The lowest BCUT2D eigenvalue weighted by Crippen LogP contribution is -2.34. The van der Waals surface area contributed by atoms with Crippen molar-refractivity contribution in [3.8, 4) is 0 Å². The highest BCUT2D eigenvalue weighted by Crippen LogP contribution is 2.47. The van der Waals surface area contributed by atoms with Crippen molar-refractivity contribution in [2.45, 2.75) is 44.9 Å². The van der Waals surface area contributed by atoms with Crippen LogP contribution in [0.1, 0.15) is 63.8 Å². The summed E-state index contributed by atoms with van der Waals surface area (Å²) in [5.41, 5.74) is 6.26. The first-order valence-electron chi connectivity index (χ1n) is 10.1. The van der Waals surface area contributed by atoms with E-state index in [4.69, 9.17) is 4.74 Å². The summed E-state index contributed by atoms with van der Waals surface area (Å²) in [7, 11) is 3.31. The molecule has 0 bridgehead atoms. The molecule has 0 N–H and O–H groups in total. The van der Waals surface area contributed by atoms with Gasteiger partial charge in [0.1, 0.15) is 0 Å². The molecule has 1 aromatic heterocycles. The number of tetrazole rings is 1. The summed E-state index contributed by atoms with van der Waals surface area (Å²) in [6.45, 7) is 4.31. The summed E-state index contributed by atoms with van der Waals surface area (Å²) in [6, 6.07) is 12.6. The summed E-state index contributed by atoms with van der Waals surface area (Å²) in [4.78, 5) is 12.2. The molecule has 150 valence electrons. The topological polar surface area (TPSA) is 69.9 Å². The van der Waals surface area contributed by atoms with Gasteiger partial charge in [-0.15, -0.1) is 5.10 Å². The SMILES string of the molecule is CCCC1(c2nnnn2C)c2ccc(C)cc2CCc2cc(C(=O)OC)ccc21. The third-order valence-corrected chi connectivity index (χ3v) is 6.00. The second kappa shape index (κ2) is 7.43. The first-order valence-corrected chi connectivity index (χ1v) is 10.1. The van der Waals surface area contributed by atoms with Crippen molar-refractivity contribution < 1.29 is 9.53 Å². The van der Waals surface area contributed by atoms with Crippen molar-refractivity contribution in [1.29, 1.82) is 0 Å². The second-order valence-corrected chi connectivity index (χ2v) is 7.81. The fraction of sp³-hybridized carbons (Fsp3) is 0.391. The number of methoxy groups -OCH3 is 1. The van der Waals surface area contributed by atoms with Crippen molar-refractivity contribution in [2.75, 3.05) is 7.11 Å². The molecule has 29 heavy (non-hydrogen) atoms. The predicted octanol–water partition coefficient (Wildman–Crippen LogP) is 3.54. The summed E-state index contributed by atoms with van der Waals surface area (Å²) in [5, 5.41) is 12.6. The Bertz CT molecular complexity index is 1070. The molecular weight excluding hydrogens is 364 g/mol. The highest BCUT2D eigenvalue weighted by molar-refractivity contribution is 5.89. The maximum Gasteiger partial charge on any atom is 0.337 e. The Labute approximate surface area is 170 Å². The van der Waals surface area contributed by atoms with E-state index in [1.54, 1.807) is 4.68 Å². The van der Waals surface area contributed by atoms with Gasteiger partial charge in [0.2, 0.25) is 0 Å². The van der Waals surface area contributed by atoms with Gasteiger partial charge >= 0.3 is 5.97 Å².